The molecule has 0 saturated heterocycles. The maximum Gasteiger partial charge on any atom is 0.139 e. The normalized spacial score (nSPS) is 11.2. The van der Waals surface area contributed by atoms with Crippen LogP contribution < -0.4 is 0 Å². The van der Waals surface area contributed by atoms with Crippen LogP contribution in [0.5, 0.6) is 0 Å². The monoisotopic (exact) mass is 250 g/mol. The molecule has 2 nitrogen and oxygen atoms in total. The lowest BCUT2D eigenvalue weighted by Crippen LogP contribution is -1.91. The van der Waals surface area contributed by atoms with E-state index >= 15 is 0 Å². The highest BCUT2D eigenvalue weighted by Crippen LogP contribution is 2.28. The molecule has 0 saturated carbocycles. The number of aryl methyl sites for hydroxylation is 4. The highest BCUT2D eigenvalue weighted by atomic mass is 14.9. The Bertz CT molecular complexity index is 743. The van der Waals surface area contributed by atoms with Crippen molar-refractivity contribution in [3.8, 4) is 11.4 Å². The molecule has 0 aliphatic carbocycles. The van der Waals surface area contributed by atoms with Crippen molar-refractivity contribution in [2.75, 3.05) is 0 Å². The van der Waals surface area contributed by atoms with Crippen LogP contribution in [0.4, 0.5) is 0 Å². The first kappa shape index (κ1) is 12.0. The van der Waals surface area contributed by atoms with Crippen molar-refractivity contribution >= 4 is 11.0 Å². The second kappa shape index (κ2) is 4.23. The molecule has 1 N–H and O–H groups in total. The van der Waals surface area contributed by atoms with Gasteiger partial charge in [0, 0.05) is 5.56 Å². The molecule has 1 heterocycles. The van der Waals surface area contributed by atoms with E-state index < -0.39 is 0 Å². The van der Waals surface area contributed by atoms with Gasteiger partial charge in [-0.2, -0.15) is 0 Å². The van der Waals surface area contributed by atoms with E-state index in [2.05, 4.69) is 63.0 Å². The number of fused-ring (bicyclic) bond motifs is 1. The maximum absolute atomic E-state index is 4.72. The standard InChI is InChI=1S/C17H18N2/c1-10-5-6-14-15(9-10)19-17(18-14)16-12(3)7-11(2)8-13(16)4/h5-9H,1-4H3,(H,18,19). The number of aromatic amines is 1. The SMILES string of the molecule is Cc1cc(C)c(-c2nc3ccc(C)cc3[nH]2)c(C)c1. The lowest BCUT2D eigenvalue weighted by Gasteiger charge is -2.08. The summed E-state index contributed by atoms with van der Waals surface area (Å²) < 4.78 is 0. The maximum atomic E-state index is 4.72. The van der Waals surface area contributed by atoms with Crippen LogP contribution in [0.2, 0.25) is 0 Å². The summed E-state index contributed by atoms with van der Waals surface area (Å²) in [6.45, 7) is 8.52. The average Bonchev–Trinajstić information content (AvgIpc) is 2.69. The van der Waals surface area contributed by atoms with Crippen LogP contribution in [0.1, 0.15) is 22.3 Å². The molecule has 3 rings (SSSR count). The second-order valence-electron chi connectivity index (χ2n) is 5.38. The molecule has 0 spiro atoms. The van der Waals surface area contributed by atoms with Crippen molar-refractivity contribution in [3.05, 3.63) is 52.6 Å². The van der Waals surface area contributed by atoms with Gasteiger partial charge >= 0.3 is 0 Å². The minimum Gasteiger partial charge on any atom is -0.338 e. The third-order valence-corrected chi connectivity index (χ3v) is 3.55. The molecule has 0 aliphatic heterocycles. The molecule has 96 valence electrons. The van der Waals surface area contributed by atoms with E-state index in [0.29, 0.717) is 0 Å². The fourth-order valence-corrected chi connectivity index (χ4v) is 2.80. The van der Waals surface area contributed by atoms with Gasteiger partial charge < -0.3 is 4.98 Å². The number of H-pyrrole nitrogens is 1. The lowest BCUT2D eigenvalue weighted by molar-refractivity contribution is 1.25. The van der Waals surface area contributed by atoms with Crippen LogP contribution in [0.3, 0.4) is 0 Å². The third-order valence-electron chi connectivity index (χ3n) is 3.55. The molecule has 0 bridgehead atoms. The summed E-state index contributed by atoms with van der Waals surface area (Å²) >= 11 is 0. The van der Waals surface area contributed by atoms with Gasteiger partial charge in [-0.3, -0.25) is 0 Å². The van der Waals surface area contributed by atoms with Crippen LogP contribution in [0.15, 0.2) is 30.3 Å². The molecule has 0 atom stereocenters. The third kappa shape index (κ3) is 2.03. The van der Waals surface area contributed by atoms with Crippen LogP contribution in [-0.4, -0.2) is 9.97 Å². The van der Waals surface area contributed by atoms with Crippen molar-refractivity contribution in [1.82, 2.24) is 9.97 Å². The molecule has 2 aromatic carbocycles. The molecule has 0 fully saturated rings. The second-order valence-corrected chi connectivity index (χ2v) is 5.38. The Labute approximate surface area is 113 Å². The van der Waals surface area contributed by atoms with Gasteiger partial charge in [-0.1, -0.05) is 23.8 Å². The van der Waals surface area contributed by atoms with E-state index in [0.717, 1.165) is 16.9 Å². The summed E-state index contributed by atoms with van der Waals surface area (Å²) in [7, 11) is 0. The van der Waals surface area contributed by atoms with E-state index in [4.69, 9.17) is 4.98 Å². The molecule has 19 heavy (non-hydrogen) atoms. The molecule has 0 aliphatic rings. The van der Waals surface area contributed by atoms with E-state index in [9.17, 15) is 0 Å². The number of nitrogens with one attached hydrogen (secondary N) is 1. The highest BCUT2D eigenvalue weighted by molar-refractivity contribution is 5.81. The summed E-state index contributed by atoms with van der Waals surface area (Å²) in [5.41, 5.74) is 8.45. The van der Waals surface area contributed by atoms with Gasteiger partial charge in [-0.15, -0.1) is 0 Å². The first-order valence-corrected chi connectivity index (χ1v) is 6.59. The van der Waals surface area contributed by atoms with Gasteiger partial charge in [-0.05, 0) is 56.5 Å². The Hall–Kier alpha value is -2.09. The van der Waals surface area contributed by atoms with Crippen LogP contribution >= 0.6 is 0 Å². The van der Waals surface area contributed by atoms with Crippen LogP contribution in [0.25, 0.3) is 22.4 Å². The molecular weight excluding hydrogens is 232 g/mol. The van der Waals surface area contributed by atoms with E-state index in [-0.39, 0.29) is 0 Å². The summed E-state index contributed by atoms with van der Waals surface area (Å²) in [4.78, 5) is 8.16. The number of rotatable bonds is 1. The summed E-state index contributed by atoms with van der Waals surface area (Å²) in [5, 5.41) is 0. The molecule has 0 amide bonds. The fourth-order valence-electron chi connectivity index (χ4n) is 2.80. The van der Waals surface area contributed by atoms with Gasteiger partial charge in [-0.25, -0.2) is 4.98 Å². The van der Waals surface area contributed by atoms with E-state index in [1.807, 2.05) is 0 Å². The van der Waals surface area contributed by atoms with Gasteiger partial charge in [0.25, 0.3) is 0 Å². The number of hydrogen-bond acceptors (Lipinski definition) is 1. The van der Waals surface area contributed by atoms with Gasteiger partial charge in [0.2, 0.25) is 0 Å². The largest absolute Gasteiger partial charge is 0.338 e. The Balaban J connectivity index is 2.24. The molecule has 0 unspecified atom stereocenters. The lowest BCUT2D eigenvalue weighted by atomic mass is 9.99. The first-order chi connectivity index (χ1) is 9.04. The van der Waals surface area contributed by atoms with E-state index in [1.165, 1.54) is 27.8 Å². The Kier molecular flexibility index (Phi) is 2.67. The molecule has 1 aromatic heterocycles. The predicted molar refractivity (Wildman–Crippen MR) is 80.5 cm³/mol. The van der Waals surface area contributed by atoms with Crippen molar-refractivity contribution in [3.63, 3.8) is 0 Å². The molecule has 0 radical (unpaired) electrons. The van der Waals surface area contributed by atoms with E-state index in [1.54, 1.807) is 0 Å². The summed E-state index contributed by atoms with van der Waals surface area (Å²) in [5.74, 6) is 0.968. The summed E-state index contributed by atoms with van der Waals surface area (Å²) in [6.07, 6.45) is 0. The van der Waals surface area contributed by atoms with Crippen molar-refractivity contribution < 1.29 is 0 Å². The van der Waals surface area contributed by atoms with Gasteiger partial charge in [0.05, 0.1) is 11.0 Å². The fraction of sp³-hybridized carbons (Fsp3) is 0.235. The number of hydrogen-bond donors (Lipinski definition) is 1. The number of aromatic nitrogens is 2. The number of benzene rings is 2. The first-order valence-electron chi connectivity index (χ1n) is 6.59. The minimum absolute atomic E-state index is 0.968. The smallest absolute Gasteiger partial charge is 0.139 e. The topological polar surface area (TPSA) is 28.7 Å². The zero-order valence-electron chi connectivity index (χ0n) is 11.8. The minimum atomic E-state index is 0.968. The zero-order chi connectivity index (χ0) is 13.6. The van der Waals surface area contributed by atoms with Crippen LogP contribution in [0, 0.1) is 27.7 Å². The van der Waals surface area contributed by atoms with Gasteiger partial charge in [0.15, 0.2) is 0 Å². The molecule has 2 heteroatoms. The molecular formula is C17H18N2. The van der Waals surface area contributed by atoms with Crippen LogP contribution in [-0.2, 0) is 0 Å². The number of imidazole rings is 1. The summed E-state index contributed by atoms with van der Waals surface area (Å²) in [6, 6.07) is 10.7. The Morgan fingerprint density at radius 2 is 1.53 bits per heavy atom. The highest BCUT2D eigenvalue weighted by Gasteiger charge is 2.11. The number of nitrogens with zero attached hydrogens (tertiary/aromatic N) is 1. The predicted octanol–water partition coefficient (Wildman–Crippen LogP) is 4.46. The quantitative estimate of drug-likeness (QED) is 0.678. The zero-order valence-corrected chi connectivity index (χ0v) is 11.8. The van der Waals surface area contributed by atoms with Crippen molar-refractivity contribution in [1.29, 1.82) is 0 Å². The molecule has 3 aromatic rings. The van der Waals surface area contributed by atoms with Crippen molar-refractivity contribution in [2.45, 2.75) is 27.7 Å². The van der Waals surface area contributed by atoms with Crippen molar-refractivity contribution in [2.24, 2.45) is 0 Å². The Morgan fingerprint density at radius 3 is 2.21 bits per heavy atom. The van der Waals surface area contributed by atoms with Gasteiger partial charge in [0.1, 0.15) is 5.82 Å². The Morgan fingerprint density at radius 1 is 0.842 bits per heavy atom. The average molecular weight is 250 g/mol.